The van der Waals surface area contributed by atoms with Crippen LogP contribution >= 0.6 is 0 Å². The van der Waals surface area contributed by atoms with Crippen LogP contribution < -0.4 is 11.1 Å². The minimum Gasteiger partial charge on any atom is -0.451 e. The number of carbonyl (C=O) groups is 2. The second-order valence-electron chi connectivity index (χ2n) is 5.30. The summed E-state index contributed by atoms with van der Waals surface area (Å²) in [5.74, 6) is -1.16. The van der Waals surface area contributed by atoms with Crippen molar-refractivity contribution in [2.75, 3.05) is 5.32 Å². The molecule has 0 unspecified atom stereocenters. The number of furan rings is 1. The second kappa shape index (κ2) is 6.89. The number of nitro groups is 1. The van der Waals surface area contributed by atoms with Crippen LogP contribution in [0.15, 0.2) is 65.1 Å². The van der Waals surface area contributed by atoms with E-state index >= 15 is 0 Å². The summed E-state index contributed by atoms with van der Waals surface area (Å²) in [4.78, 5) is 34.4. The van der Waals surface area contributed by atoms with Gasteiger partial charge >= 0.3 is 0 Å². The first kappa shape index (κ1) is 16.9. The Bertz CT molecular complexity index is 1010. The molecule has 0 fully saturated rings. The number of carbonyl (C=O) groups excluding carboxylic acids is 2. The van der Waals surface area contributed by atoms with E-state index in [1.54, 1.807) is 24.3 Å². The maximum Gasteiger partial charge on any atom is 0.291 e. The van der Waals surface area contributed by atoms with Gasteiger partial charge in [0.25, 0.3) is 17.5 Å². The third kappa shape index (κ3) is 3.29. The monoisotopic (exact) mass is 351 g/mol. The number of anilines is 1. The predicted molar refractivity (Wildman–Crippen MR) is 93.7 cm³/mol. The molecule has 0 aliphatic heterocycles. The van der Waals surface area contributed by atoms with Crippen molar-refractivity contribution < 1.29 is 18.9 Å². The fraction of sp³-hybridized carbons (Fsp3) is 0. The van der Waals surface area contributed by atoms with Crippen molar-refractivity contribution in [1.29, 1.82) is 0 Å². The number of nitrogens with two attached hydrogens (primary N) is 1. The molecule has 8 nitrogen and oxygen atoms in total. The van der Waals surface area contributed by atoms with Crippen LogP contribution in [-0.2, 0) is 0 Å². The molecule has 0 aliphatic carbocycles. The fourth-order valence-corrected chi connectivity index (χ4v) is 2.44. The summed E-state index contributed by atoms with van der Waals surface area (Å²) in [6.07, 6.45) is 0. The van der Waals surface area contributed by atoms with Crippen LogP contribution in [0.25, 0.3) is 11.3 Å². The van der Waals surface area contributed by atoms with Gasteiger partial charge in [-0.3, -0.25) is 19.7 Å². The molecule has 0 spiro atoms. The Balaban J connectivity index is 1.88. The van der Waals surface area contributed by atoms with Gasteiger partial charge in [0.2, 0.25) is 0 Å². The topological polar surface area (TPSA) is 128 Å². The Morgan fingerprint density at radius 2 is 1.69 bits per heavy atom. The number of rotatable bonds is 5. The number of benzene rings is 2. The molecule has 1 aromatic heterocycles. The normalized spacial score (nSPS) is 10.3. The largest absolute Gasteiger partial charge is 0.451 e. The summed E-state index contributed by atoms with van der Waals surface area (Å²) >= 11 is 0. The number of nitrogens with one attached hydrogen (secondary N) is 1. The summed E-state index contributed by atoms with van der Waals surface area (Å²) in [6, 6.07) is 15.2. The molecule has 1 heterocycles. The second-order valence-corrected chi connectivity index (χ2v) is 5.30. The molecule has 0 bridgehead atoms. The molecule has 130 valence electrons. The highest BCUT2D eigenvalue weighted by molar-refractivity contribution is 6.07. The molecule has 2 aromatic carbocycles. The molecule has 26 heavy (non-hydrogen) atoms. The molecular weight excluding hydrogens is 338 g/mol. The van der Waals surface area contributed by atoms with E-state index in [1.165, 1.54) is 36.4 Å². The molecule has 0 atom stereocenters. The number of amides is 2. The maximum absolute atomic E-state index is 12.4. The quantitative estimate of drug-likeness (QED) is 0.539. The van der Waals surface area contributed by atoms with Crippen LogP contribution in [-0.4, -0.2) is 16.7 Å². The van der Waals surface area contributed by atoms with Gasteiger partial charge in [-0.05, 0) is 30.3 Å². The highest BCUT2D eigenvalue weighted by Crippen LogP contribution is 2.31. The van der Waals surface area contributed by atoms with E-state index in [-0.39, 0.29) is 34.0 Å². The highest BCUT2D eigenvalue weighted by atomic mass is 16.6. The number of para-hydroxylation sites is 2. The lowest BCUT2D eigenvalue weighted by molar-refractivity contribution is -0.384. The van der Waals surface area contributed by atoms with E-state index in [2.05, 4.69) is 5.32 Å². The van der Waals surface area contributed by atoms with Crippen molar-refractivity contribution in [1.82, 2.24) is 0 Å². The molecule has 8 heteroatoms. The van der Waals surface area contributed by atoms with Gasteiger partial charge in [0.1, 0.15) is 5.76 Å². The minimum atomic E-state index is -0.680. The van der Waals surface area contributed by atoms with E-state index in [0.29, 0.717) is 0 Å². The van der Waals surface area contributed by atoms with E-state index in [1.807, 2.05) is 0 Å². The Morgan fingerprint density at radius 1 is 1.00 bits per heavy atom. The fourth-order valence-electron chi connectivity index (χ4n) is 2.44. The van der Waals surface area contributed by atoms with E-state index < -0.39 is 16.7 Å². The Kier molecular flexibility index (Phi) is 4.48. The molecular formula is C18H13N3O5. The van der Waals surface area contributed by atoms with Crippen LogP contribution in [0.4, 0.5) is 11.4 Å². The van der Waals surface area contributed by atoms with Gasteiger partial charge in [0, 0.05) is 6.07 Å². The Labute approximate surface area is 147 Å². The zero-order chi connectivity index (χ0) is 18.7. The summed E-state index contributed by atoms with van der Waals surface area (Å²) < 4.78 is 5.46. The average molecular weight is 351 g/mol. The molecule has 3 aromatic rings. The predicted octanol–water partition coefficient (Wildman–Crippen LogP) is 3.21. The van der Waals surface area contributed by atoms with Crippen LogP contribution in [0.1, 0.15) is 20.9 Å². The van der Waals surface area contributed by atoms with E-state index in [4.69, 9.17) is 10.2 Å². The summed E-state index contributed by atoms with van der Waals surface area (Å²) in [5, 5.41) is 13.7. The molecule has 3 N–H and O–H groups in total. The molecule has 3 rings (SSSR count). The van der Waals surface area contributed by atoms with E-state index in [0.717, 1.165) is 0 Å². The number of hydrogen-bond donors (Lipinski definition) is 2. The van der Waals surface area contributed by atoms with Crippen molar-refractivity contribution in [3.63, 3.8) is 0 Å². The lowest BCUT2D eigenvalue weighted by Gasteiger charge is -2.07. The molecule has 0 radical (unpaired) electrons. The van der Waals surface area contributed by atoms with Crippen molar-refractivity contribution >= 4 is 23.2 Å². The van der Waals surface area contributed by atoms with Crippen molar-refractivity contribution in [2.24, 2.45) is 5.73 Å². The van der Waals surface area contributed by atoms with Gasteiger partial charge in [-0.15, -0.1) is 0 Å². The standard InChI is InChI=1S/C18H13N3O5/c19-17(22)11-5-1-3-7-13(11)20-18(23)16-10-9-15(26-16)12-6-2-4-8-14(12)21(24)25/h1-10H,(H2,19,22)(H,20,23). The van der Waals surface area contributed by atoms with Gasteiger partial charge < -0.3 is 15.5 Å². The summed E-state index contributed by atoms with van der Waals surface area (Å²) in [5.41, 5.74) is 5.81. The van der Waals surface area contributed by atoms with Crippen molar-refractivity contribution in [3.8, 4) is 11.3 Å². The molecule has 0 saturated heterocycles. The van der Waals surface area contributed by atoms with Crippen LogP contribution in [0.2, 0.25) is 0 Å². The zero-order valence-corrected chi connectivity index (χ0v) is 13.3. The average Bonchev–Trinajstić information content (AvgIpc) is 3.12. The zero-order valence-electron chi connectivity index (χ0n) is 13.3. The van der Waals surface area contributed by atoms with Crippen LogP contribution in [0, 0.1) is 10.1 Å². The SMILES string of the molecule is NC(=O)c1ccccc1NC(=O)c1ccc(-c2ccccc2[N+](=O)[O-])o1. The van der Waals surface area contributed by atoms with Gasteiger partial charge in [-0.25, -0.2) is 0 Å². The Hall–Kier alpha value is -3.94. The van der Waals surface area contributed by atoms with Gasteiger partial charge in [0.05, 0.1) is 21.7 Å². The van der Waals surface area contributed by atoms with Gasteiger partial charge in [0.15, 0.2) is 5.76 Å². The first-order valence-corrected chi connectivity index (χ1v) is 7.51. The summed E-state index contributed by atoms with van der Waals surface area (Å²) in [7, 11) is 0. The minimum absolute atomic E-state index is 0.0579. The number of primary amides is 1. The third-order valence-electron chi connectivity index (χ3n) is 3.64. The van der Waals surface area contributed by atoms with E-state index in [9.17, 15) is 19.7 Å². The lowest BCUT2D eigenvalue weighted by Crippen LogP contribution is -2.17. The molecule has 0 aliphatic rings. The lowest BCUT2D eigenvalue weighted by atomic mass is 10.1. The summed E-state index contributed by atoms with van der Waals surface area (Å²) in [6.45, 7) is 0. The highest BCUT2D eigenvalue weighted by Gasteiger charge is 2.20. The first-order chi connectivity index (χ1) is 12.5. The van der Waals surface area contributed by atoms with Crippen LogP contribution in [0.3, 0.4) is 0 Å². The smallest absolute Gasteiger partial charge is 0.291 e. The van der Waals surface area contributed by atoms with Crippen molar-refractivity contribution in [2.45, 2.75) is 0 Å². The number of hydrogen-bond acceptors (Lipinski definition) is 5. The molecule has 2 amide bonds. The maximum atomic E-state index is 12.4. The Morgan fingerprint density at radius 3 is 2.42 bits per heavy atom. The first-order valence-electron chi connectivity index (χ1n) is 7.51. The van der Waals surface area contributed by atoms with Crippen LogP contribution in [0.5, 0.6) is 0 Å². The number of nitro benzene ring substituents is 1. The molecule has 0 saturated carbocycles. The number of nitrogens with zero attached hydrogens (tertiary/aromatic N) is 1. The van der Waals surface area contributed by atoms with Gasteiger partial charge in [-0.1, -0.05) is 24.3 Å². The van der Waals surface area contributed by atoms with Crippen molar-refractivity contribution in [3.05, 3.63) is 82.1 Å². The third-order valence-corrected chi connectivity index (χ3v) is 3.64. The van der Waals surface area contributed by atoms with Gasteiger partial charge in [-0.2, -0.15) is 0 Å².